The summed E-state index contributed by atoms with van der Waals surface area (Å²) in [6, 6.07) is 8.41. The van der Waals surface area contributed by atoms with Gasteiger partial charge >= 0.3 is 0 Å². The molecule has 8 heteroatoms. The molecule has 1 N–H and O–H groups in total. The van der Waals surface area contributed by atoms with E-state index in [9.17, 15) is 13.2 Å². The van der Waals surface area contributed by atoms with Crippen LogP contribution in [0.3, 0.4) is 0 Å². The minimum absolute atomic E-state index is 0.250. The van der Waals surface area contributed by atoms with E-state index in [-0.39, 0.29) is 11.7 Å². The SMILES string of the molecule is CCN(CCCCN1CCNCCC1=O)C(C)Cc1ccc(N2CCCS2(=O)=O)cc1. The summed E-state index contributed by atoms with van der Waals surface area (Å²) in [5, 5.41) is 3.28. The first-order chi connectivity index (χ1) is 14.9. The molecular weight excluding hydrogens is 412 g/mol. The molecule has 2 aliphatic heterocycles. The van der Waals surface area contributed by atoms with Crippen molar-refractivity contribution in [1.29, 1.82) is 0 Å². The van der Waals surface area contributed by atoms with Crippen LogP contribution in [0.2, 0.25) is 0 Å². The molecule has 2 fully saturated rings. The Bertz CT molecular complexity index is 813. The van der Waals surface area contributed by atoms with E-state index in [1.807, 2.05) is 17.0 Å². The van der Waals surface area contributed by atoms with Crippen molar-refractivity contribution in [1.82, 2.24) is 15.1 Å². The number of carbonyl (C=O) groups is 1. The van der Waals surface area contributed by atoms with Crippen molar-refractivity contribution in [2.45, 2.75) is 52.0 Å². The van der Waals surface area contributed by atoms with Crippen LogP contribution in [-0.2, 0) is 21.2 Å². The van der Waals surface area contributed by atoms with Gasteiger partial charge in [0.05, 0.1) is 11.4 Å². The van der Waals surface area contributed by atoms with Crippen molar-refractivity contribution >= 4 is 21.6 Å². The van der Waals surface area contributed by atoms with Crippen LogP contribution in [0.1, 0.15) is 45.1 Å². The Balaban J connectivity index is 1.44. The van der Waals surface area contributed by atoms with Crippen LogP contribution in [0.4, 0.5) is 5.69 Å². The molecule has 0 bridgehead atoms. The summed E-state index contributed by atoms with van der Waals surface area (Å²) in [7, 11) is -3.12. The van der Waals surface area contributed by atoms with E-state index in [1.54, 1.807) is 0 Å². The number of nitrogens with one attached hydrogen (secondary N) is 1. The monoisotopic (exact) mass is 450 g/mol. The number of likely N-dealkylation sites (N-methyl/N-ethyl adjacent to an activating group) is 1. The van der Waals surface area contributed by atoms with Crippen molar-refractivity contribution in [3.05, 3.63) is 29.8 Å². The van der Waals surface area contributed by atoms with Crippen LogP contribution in [-0.4, -0.2) is 81.7 Å². The number of rotatable bonds is 10. The van der Waals surface area contributed by atoms with Crippen LogP contribution in [0.25, 0.3) is 0 Å². The molecule has 3 rings (SSSR count). The average molecular weight is 451 g/mol. The lowest BCUT2D eigenvalue weighted by Crippen LogP contribution is -2.36. The maximum absolute atomic E-state index is 12.1. The summed E-state index contributed by atoms with van der Waals surface area (Å²) in [5.41, 5.74) is 2.01. The topological polar surface area (TPSA) is 73.0 Å². The Kier molecular flexibility index (Phi) is 8.75. The van der Waals surface area contributed by atoms with Gasteiger partial charge in [-0.05, 0) is 63.4 Å². The number of benzene rings is 1. The van der Waals surface area contributed by atoms with E-state index in [4.69, 9.17) is 0 Å². The molecule has 2 saturated heterocycles. The third-order valence-corrected chi connectivity index (χ3v) is 8.30. The summed E-state index contributed by atoms with van der Waals surface area (Å²) in [4.78, 5) is 16.6. The molecule has 2 heterocycles. The molecule has 0 saturated carbocycles. The van der Waals surface area contributed by atoms with Crippen molar-refractivity contribution < 1.29 is 13.2 Å². The predicted molar refractivity (Wildman–Crippen MR) is 126 cm³/mol. The highest BCUT2D eigenvalue weighted by atomic mass is 32.2. The second-order valence-electron chi connectivity index (χ2n) is 8.68. The van der Waals surface area contributed by atoms with Gasteiger partial charge in [0.1, 0.15) is 0 Å². The van der Waals surface area contributed by atoms with Crippen LogP contribution in [0, 0.1) is 0 Å². The van der Waals surface area contributed by atoms with Gasteiger partial charge in [-0.15, -0.1) is 0 Å². The summed E-state index contributed by atoms with van der Waals surface area (Å²) < 4.78 is 25.7. The second kappa shape index (κ2) is 11.3. The first-order valence-corrected chi connectivity index (χ1v) is 13.3. The fourth-order valence-corrected chi connectivity index (χ4v) is 6.12. The number of hydrogen-bond acceptors (Lipinski definition) is 5. The number of sulfonamides is 1. The normalized spacial score (nSPS) is 20.3. The Morgan fingerprint density at radius 2 is 1.90 bits per heavy atom. The Morgan fingerprint density at radius 1 is 1.13 bits per heavy atom. The highest BCUT2D eigenvalue weighted by molar-refractivity contribution is 7.93. The van der Waals surface area contributed by atoms with Crippen molar-refractivity contribution in [2.75, 3.05) is 55.9 Å². The van der Waals surface area contributed by atoms with E-state index < -0.39 is 10.0 Å². The number of carbonyl (C=O) groups excluding carboxylic acids is 1. The summed E-state index contributed by atoms with van der Waals surface area (Å²) in [5.74, 6) is 0.524. The van der Waals surface area contributed by atoms with Crippen LogP contribution < -0.4 is 9.62 Å². The zero-order valence-corrected chi connectivity index (χ0v) is 19.9. The fourth-order valence-electron chi connectivity index (χ4n) is 4.56. The highest BCUT2D eigenvalue weighted by Crippen LogP contribution is 2.24. The Labute approximate surface area is 187 Å². The number of amides is 1. The van der Waals surface area contributed by atoms with Gasteiger partial charge in [0.15, 0.2) is 0 Å². The van der Waals surface area contributed by atoms with E-state index in [2.05, 4.69) is 36.2 Å². The molecular formula is C23H38N4O3S. The quantitative estimate of drug-likeness (QED) is 0.553. The standard InChI is InChI=1S/C23H38N4O3S/c1-3-25(14-4-5-15-26-17-13-24-12-11-23(26)28)20(2)19-21-7-9-22(10-8-21)27-16-6-18-31(27,29)30/h7-10,20,24H,3-6,11-19H2,1-2H3. The third-order valence-electron chi connectivity index (χ3n) is 6.43. The first-order valence-electron chi connectivity index (χ1n) is 11.7. The molecule has 174 valence electrons. The van der Waals surface area contributed by atoms with E-state index >= 15 is 0 Å². The van der Waals surface area contributed by atoms with Crippen LogP contribution >= 0.6 is 0 Å². The molecule has 1 unspecified atom stereocenters. The summed E-state index contributed by atoms with van der Waals surface area (Å²) in [6.07, 6.45) is 4.38. The number of hydrogen-bond donors (Lipinski definition) is 1. The summed E-state index contributed by atoms with van der Waals surface area (Å²) >= 11 is 0. The lowest BCUT2D eigenvalue weighted by Gasteiger charge is -2.28. The molecule has 1 aromatic carbocycles. The molecule has 0 radical (unpaired) electrons. The van der Waals surface area contributed by atoms with Gasteiger partial charge < -0.3 is 15.1 Å². The van der Waals surface area contributed by atoms with Crippen molar-refractivity contribution in [2.24, 2.45) is 0 Å². The third kappa shape index (κ3) is 6.67. The molecule has 31 heavy (non-hydrogen) atoms. The largest absolute Gasteiger partial charge is 0.341 e. The van der Waals surface area contributed by atoms with Gasteiger partial charge in [-0.2, -0.15) is 0 Å². The fraction of sp³-hybridized carbons (Fsp3) is 0.696. The molecule has 1 atom stereocenters. The lowest BCUT2D eigenvalue weighted by molar-refractivity contribution is -0.130. The van der Waals surface area contributed by atoms with E-state index in [0.29, 0.717) is 25.4 Å². The minimum Gasteiger partial charge on any atom is -0.341 e. The first kappa shape index (κ1) is 24.0. The van der Waals surface area contributed by atoms with E-state index in [0.717, 1.165) is 64.2 Å². The highest BCUT2D eigenvalue weighted by Gasteiger charge is 2.28. The van der Waals surface area contributed by atoms with Crippen molar-refractivity contribution in [3.63, 3.8) is 0 Å². The average Bonchev–Trinajstić information content (AvgIpc) is 2.97. The lowest BCUT2D eigenvalue weighted by atomic mass is 10.0. The Morgan fingerprint density at radius 3 is 2.58 bits per heavy atom. The van der Waals surface area contributed by atoms with Gasteiger partial charge in [-0.1, -0.05) is 19.1 Å². The molecule has 2 aliphatic rings. The van der Waals surface area contributed by atoms with E-state index in [1.165, 1.54) is 9.87 Å². The Hall–Kier alpha value is -1.64. The molecule has 1 aromatic rings. The molecule has 0 spiro atoms. The van der Waals surface area contributed by atoms with Gasteiger partial charge in [-0.3, -0.25) is 9.10 Å². The van der Waals surface area contributed by atoms with Gasteiger partial charge in [0.25, 0.3) is 0 Å². The minimum atomic E-state index is -3.12. The molecule has 7 nitrogen and oxygen atoms in total. The smallest absolute Gasteiger partial charge is 0.235 e. The number of anilines is 1. The number of unbranched alkanes of at least 4 members (excludes halogenated alkanes) is 1. The van der Waals surface area contributed by atoms with Gasteiger partial charge in [0.2, 0.25) is 15.9 Å². The zero-order valence-electron chi connectivity index (χ0n) is 19.1. The summed E-state index contributed by atoms with van der Waals surface area (Å²) in [6.45, 7) is 10.4. The number of nitrogens with zero attached hydrogens (tertiary/aromatic N) is 3. The maximum Gasteiger partial charge on any atom is 0.235 e. The van der Waals surface area contributed by atoms with Gasteiger partial charge in [0, 0.05) is 45.2 Å². The molecule has 0 aromatic heterocycles. The predicted octanol–water partition coefficient (Wildman–Crippen LogP) is 2.08. The molecule has 1 amide bonds. The van der Waals surface area contributed by atoms with Crippen LogP contribution in [0.5, 0.6) is 0 Å². The van der Waals surface area contributed by atoms with Crippen molar-refractivity contribution in [3.8, 4) is 0 Å². The second-order valence-corrected chi connectivity index (χ2v) is 10.7. The zero-order chi connectivity index (χ0) is 22.3. The maximum atomic E-state index is 12.1. The van der Waals surface area contributed by atoms with Crippen LogP contribution in [0.15, 0.2) is 24.3 Å². The van der Waals surface area contributed by atoms with Gasteiger partial charge in [-0.25, -0.2) is 8.42 Å². The molecule has 0 aliphatic carbocycles.